The molecule has 1 aromatic heterocycles. The van der Waals surface area contributed by atoms with Gasteiger partial charge >= 0.3 is 0 Å². The molecule has 0 aliphatic heterocycles. The number of hydrogen-bond donors (Lipinski definition) is 1. The lowest BCUT2D eigenvalue weighted by molar-refractivity contribution is -0.385. The van der Waals surface area contributed by atoms with E-state index in [2.05, 4.69) is 22.1 Å². The van der Waals surface area contributed by atoms with E-state index in [0.29, 0.717) is 17.9 Å². The van der Waals surface area contributed by atoms with Gasteiger partial charge in [-0.1, -0.05) is 5.92 Å². The van der Waals surface area contributed by atoms with Crippen molar-refractivity contribution in [3.05, 3.63) is 27.9 Å². The van der Waals surface area contributed by atoms with Crippen molar-refractivity contribution in [3.8, 4) is 11.8 Å². The maximum absolute atomic E-state index is 10.5. The van der Waals surface area contributed by atoms with Gasteiger partial charge in [0.15, 0.2) is 0 Å². The highest BCUT2D eigenvalue weighted by molar-refractivity contribution is 5.47. The lowest BCUT2D eigenvalue weighted by Crippen LogP contribution is -2.02. The fraction of sp³-hybridized carbons (Fsp3) is 0.300. The monoisotopic (exact) mass is 205 g/mol. The molecule has 0 fully saturated rings. The zero-order chi connectivity index (χ0) is 11.3. The van der Waals surface area contributed by atoms with E-state index in [1.165, 1.54) is 6.20 Å². The van der Waals surface area contributed by atoms with Crippen LogP contribution in [0.25, 0.3) is 0 Å². The van der Waals surface area contributed by atoms with Gasteiger partial charge in [-0.3, -0.25) is 10.1 Å². The van der Waals surface area contributed by atoms with E-state index in [-0.39, 0.29) is 5.69 Å². The van der Waals surface area contributed by atoms with Crippen LogP contribution >= 0.6 is 0 Å². The molecule has 0 aromatic carbocycles. The first-order valence-corrected chi connectivity index (χ1v) is 4.39. The number of aryl methyl sites for hydroxylation is 1. The highest BCUT2D eigenvalue weighted by Gasteiger charge is 2.10. The number of hydrogen-bond acceptors (Lipinski definition) is 4. The fourth-order valence-corrected chi connectivity index (χ4v) is 1.06. The summed E-state index contributed by atoms with van der Waals surface area (Å²) >= 11 is 0. The lowest BCUT2D eigenvalue weighted by Gasteiger charge is -2.02. The molecule has 78 valence electrons. The zero-order valence-corrected chi connectivity index (χ0v) is 8.57. The Morgan fingerprint density at radius 2 is 2.40 bits per heavy atom. The number of rotatable bonds is 3. The number of anilines is 1. The predicted octanol–water partition coefficient (Wildman–Crippen LogP) is 1.73. The van der Waals surface area contributed by atoms with Gasteiger partial charge in [0.2, 0.25) is 0 Å². The van der Waals surface area contributed by atoms with Crippen molar-refractivity contribution in [2.24, 2.45) is 0 Å². The quantitative estimate of drug-likeness (QED) is 0.463. The van der Waals surface area contributed by atoms with E-state index in [1.54, 1.807) is 19.9 Å². The van der Waals surface area contributed by atoms with Gasteiger partial charge in [0.25, 0.3) is 5.69 Å². The molecule has 5 heteroatoms. The number of nitrogens with one attached hydrogen (secondary N) is 1. The molecule has 15 heavy (non-hydrogen) atoms. The molecule has 0 saturated carbocycles. The van der Waals surface area contributed by atoms with E-state index in [0.717, 1.165) is 0 Å². The van der Waals surface area contributed by atoms with Crippen LogP contribution in [-0.4, -0.2) is 16.5 Å². The van der Waals surface area contributed by atoms with E-state index in [4.69, 9.17) is 0 Å². The summed E-state index contributed by atoms with van der Waals surface area (Å²) in [5.74, 6) is 6.15. The highest BCUT2D eigenvalue weighted by atomic mass is 16.6. The van der Waals surface area contributed by atoms with E-state index in [9.17, 15) is 10.1 Å². The summed E-state index contributed by atoms with van der Waals surface area (Å²) in [4.78, 5) is 14.0. The first-order valence-electron chi connectivity index (χ1n) is 4.39. The summed E-state index contributed by atoms with van der Waals surface area (Å²) < 4.78 is 0. The molecule has 0 saturated heterocycles. The van der Waals surface area contributed by atoms with Crippen molar-refractivity contribution in [1.29, 1.82) is 0 Å². The average Bonchev–Trinajstić information content (AvgIpc) is 2.17. The molecule has 0 radical (unpaired) electrons. The normalized spacial score (nSPS) is 8.93. The highest BCUT2D eigenvalue weighted by Crippen LogP contribution is 2.18. The predicted molar refractivity (Wildman–Crippen MR) is 57.6 cm³/mol. The van der Waals surface area contributed by atoms with Crippen molar-refractivity contribution >= 4 is 11.5 Å². The van der Waals surface area contributed by atoms with Crippen LogP contribution in [0.4, 0.5) is 11.5 Å². The van der Waals surface area contributed by atoms with Crippen LogP contribution in [-0.2, 0) is 0 Å². The van der Waals surface area contributed by atoms with Gasteiger partial charge in [-0.05, 0) is 19.9 Å². The smallest absolute Gasteiger partial charge is 0.290 e. The fourth-order valence-electron chi connectivity index (χ4n) is 1.06. The number of aromatic nitrogens is 1. The zero-order valence-electron chi connectivity index (χ0n) is 8.57. The maximum Gasteiger partial charge on any atom is 0.290 e. The second-order valence-electron chi connectivity index (χ2n) is 2.89. The minimum atomic E-state index is -0.446. The standard InChI is InChI=1S/C10H11N3O2/c1-3-4-5-11-10-6-8(2)9(7-12-10)13(14)15/h6-7H,5H2,1-2H3,(H,11,12). The Hall–Kier alpha value is -2.09. The Kier molecular flexibility index (Phi) is 3.63. The number of nitro groups is 1. The van der Waals surface area contributed by atoms with E-state index < -0.39 is 4.92 Å². The molecule has 1 N–H and O–H groups in total. The molecule has 5 nitrogen and oxygen atoms in total. The Labute approximate surface area is 87.7 Å². The Bertz CT molecular complexity index is 432. The molecule has 1 rings (SSSR count). The number of nitrogens with zero attached hydrogens (tertiary/aromatic N) is 2. The van der Waals surface area contributed by atoms with Crippen molar-refractivity contribution in [2.75, 3.05) is 11.9 Å². The third-order valence-corrected chi connectivity index (χ3v) is 1.81. The van der Waals surface area contributed by atoms with Gasteiger partial charge in [0.1, 0.15) is 12.0 Å². The Morgan fingerprint density at radius 1 is 1.67 bits per heavy atom. The van der Waals surface area contributed by atoms with E-state index in [1.807, 2.05) is 0 Å². The molecule has 0 spiro atoms. The van der Waals surface area contributed by atoms with Gasteiger partial charge in [0.05, 0.1) is 11.5 Å². The molecule has 0 bridgehead atoms. The molecular formula is C10H11N3O2. The van der Waals surface area contributed by atoms with Crippen LogP contribution < -0.4 is 5.32 Å². The molecule has 0 aliphatic rings. The summed E-state index contributed by atoms with van der Waals surface area (Å²) in [5, 5.41) is 13.5. The summed E-state index contributed by atoms with van der Waals surface area (Å²) in [6.07, 6.45) is 1.25. The minimum Gasteiger partial charge on any atom is -0.359 e. The van der Waals surface area contributed by atoms with Crippen LogP contribution in [0.5, 0.6) is 0 Å². The maximum atomic E-state index is 10.5. The van der Waals surface area contributed by atoms with Gasteiger partial charge in [-0.2, -0.15) is 0 Å². The molecule has 0 amide bonds. The van der Waals surface area contributed by atoms with Crippen molar-refractivity contribution in [3.63, 3.8) is 0 Å². The average molecular weight is 205 g/mol. The SMILES string of the molecule is CC#CCNc1cc(C)c([N+](=O)[O-])cn1. The third kappa shape index (κ3) is 2.95. The van der Waals surface area contributed by atoms with Crippen molar-refractivity contribution in [1.82, 2.24) is 4.98 Å². The molecule has 1 heterocycles. The molecule has 0 aliphatic carbocycles. The lowest BCUT2D eigenvalue weighted by atomic mass is 10.2. The minimum absolute atomic E-state index is 0.0297. The van der Waals surface area contributed by atoms with Crippen LogP contribution in [0.15, 0.2) is 12.3 Å². The van der Waals surface area contributed by atoms with Crippen LogP contribution in [0.2, 0.25) is 0 Å². The Balaban J connectivity index is 2.80. The first-order chi connectivity index (χ1) is 7.15. The van der Waals surface area contributed by atoms with Gasteiger partial charge in [0, 0.05) is 5.56 Å². The second kappa shape index (κ2) is 4.96. The molecule has 1 aromatic rings. The third-order valence-electron chi connectivity index (χ3n) is 1.81. The topological polar surface area (TPSA) is 68.1 Å². The van der Waals surface area contributed by atoms with Gasteiger partial charge in [-0.25, -0.2) is 4.98 Å². The largest absolute Gasteiger partial charge is 0.359 e. The summed E-state index contributed by atoms with van der Waals surface area (Å²) in [5.41, 5.74) is 0.615. The molecular weight excluding hydrogens is 194 g/mol. The first kappa shape index (κ1) is 11.0. The van der Waals surface area contributed by atoms with Crippen LogP contribution in [0.3, 0.4) is 0 Å². The molecule has 0 unspecified atom stereocenters. The van der Waals surface area contributed by atoms with Crippen LogP contribution in [0.1, 0.15) is 12.5 Å². The van der Waals surface area contributed by atoms with E-state index >= 15 is 0 Å². The molecule has 0 atom stereocenters. The Morgan fingerprint density at radius 3 is 2.93 bits per heavy atom. The summed E-state index contributed by atoms with van der Waals surface area (Å²) in [6.45, 7) is 3.91. The summed E-state index contributed by atoms with van der Waals surface area (Å²) in [6, 6.07) is 1.63. The van der Waals surface area contributed by atoms with Crippen LogP contribution in [0, 0.1) is 28.9 Å². The van der Waals surface area contributed by atoms with Crippen molar-refractivity contribution < 1.29 is 4.92 Å². The second-order valence-corrected chi connectivity index (χ2v) is 2.89. The van der Waals surface area contributed by atoms with Gasteiger partial charge in [-0.15, -0.1) is 5.92 Å². The van der Waals surface area contributed by atoms with Crippen molar-refractivity contribution in [2.45, 2.75) is 13.8 Å². The number of pyridine rings is 1. The van der Waals surface area contributed by atoms with Gasteiger partial charge < -0.3 is 5.32 Å². The summed E-state index contributed by atoms with van der Waals surface area (Å²) in [7, 11) is 0.